The van der Waals surface area contributed by atoms with Gasteiger partial charge in [-0.3, -0.25) is 0 Å². The van der Waals surface area contributed by atoms with Crippen molar-refractivity contribution in [1.29, 1.82) is 0 Å². The molecule has 2 N–H and O–H groups in total. The van der Waals surface area contributed by atoms with E-state index in [1.54, 1.807) is 19.2 Å². The normalized spacial score (nSPS) is 10.3. The predicted octanol–water partition coefficient (Wildman–Crippen LogP) is 3.35. The van der Waals surface area contributed by atoms with Crippen LogP contribution < -0.4 is 15.4 Å². The van der Waals surface area contributed by atoms with E-state index in [0.717, 1.165) is 10.9 Å². The molecule has 0 aliphatic carbocycles. The zero-order chi connectivity index (χ0) is 15.2. The number of nitrogens with one attached hydrogen (secondary N) is 2. The molecule has 0 amide bonds. The molecule has 0 saturated carbocycles. The number of nitrogens with zero attached hydrogens (tertiary/aromatic N) is 3. The average molecular weight is 356 g/mol. The smallest absolute Gasteiger partial charge is 0.323 e. The second-order valence-corrected chi connectivity index (χ2v) is 5.03. The van der Waals surface area contributed by atoms with Gasteiger partial charge in [0.25, 0.3) is 0 Å². The molecule has 21 heavy (non-hydrogen) atoms. The van der Waals surface area contributed by atoms with Crippen molar-refractivity contribution < 1.29 is 9.13 Å². The topological polar surface area (TPSA) is 72.0 Å². The Hall–Kier alpha value is -1.96. The summed E-state index contributed by atoms with van der Waals surface area (Å²) in [6.07, 6.45) is 0.837. The average Bonchev–Trinajstić information content (AvgIpc) is 2.48. The summed E-state index contributed by atoms with van der Waals surface area (Å²) in [6.45, 7) is 2.48. The van der Waals surface area contributed by atoms with Crippen LogP contribution in [0.3, 0.4) is 0 Å². The fraction of sp³-hybridized carbons (Fsp3) is 0.308. The van der Waals surface area contributed by atoms with Crippen molar-refractivity contribution in [2.24, 2.45) is 0 Å². The Labute approximate surface area is 130 Å². The van der Waals surface area contributed by atoms with Gasteiger partial charge in [-0.05, 0) is 24.6 Å². The van der Waals surface area contributed by atoms with Gasteiger partial charge in [0.05, 0.1) is 12.3 Å². The SMILES string of the molecule is CCCOc1nc(NC)nc(Nc2cc(Br)ccc2F)n1. The van der Waals surface area contributed by atoms with Gasteiger partial charge in [0, 0.05) is 11.5 Å². The molecule has 1 aromatic heterocycles. The number of hydrogen-bond donors (Lipinski definition) is 2. The van der Waals surface area contributed by atoms with E-state index in [2.05, 4.69) is 41.5 Å². The highest BCUT2D eigenvalue weighted by Crippen LogP contribution is 2.23. The van der Waals surface area contributed by atoms with Crippen LogP contribution in [-0.2, 0) is 0 Å². The van der Waals surface area contributed by atoms with Crippen LogP contribution in [0.15, 0.2) is 22.7 Å². The molecular formula is C13H15BrFN5O. The first kappa shape index (κ1) is 15.4. The summed E-state index contributed by atoms with van der Waals surface area (Å²) in [6, 6.07) is 4.75. The molecular weight excluding hydrogens is 341 g/mol. The van der Waals surface area contributed by atoms with Crippen molar-refractivity contribution in [2.75, 3.05) is 24.3 Å². The fourth-order valence-electron chi connectivity index (χ4n) is 1.50. The number of aromatic nitrogens is 3. The van der Waals surface area contributed by atoms with Crippen molar-refractivity contribution in [3.63, 3.8) is 0 Å². The summed E-state index contributed by atoms with van der Waals surface area (Å²) in [5, 5.41) is 5.63. The first-order chi connectivity index (χ1) is 10.1. The minimum absolute atomic E-state index is 0.189. The molecule has 6 nitrogen and oxygen atoms in total. The minimum Gasteiger partial charge on any atom is -0.463 e. The van der Waals surface area contributed by atoms with Crippen molar-refractivity contribution in [3.05, 3.63) is 28.5 Å². The van der Waals surface area contributed by atoms with E-state index in [1.165, 1.54) is 6.07 Å². The van der Waals surface area contributed by atoms with Gasteiger partial charge >= 0.3 is 6.01 Å². The molecule has 8 heteroatoms. The lowest BCUT2D eigenvalue weighted by Crippen LogP contribution is -2.08. The third kappa shape index (κ3) is 4.25. The number of hydrogen-bond acceptors (Lipinski definition) is 6. The Kier molecular flexibility index (Phi) is 5.26. The molecule has 1 heterocycles. The molecule has 2 aromatic rings. The predicted molar refractivity (Wildman–Crippen MR) is 82.5 cm³/mol. The Balaban J connectivity index is 2.27. The molecule has 0 aliphatic heterocycles. The quantitative estimate of drug-likeness (QED) is 0.827. The van der Waals surface area contributed by atoms with E-state index in [-0.39, 0.29) is 17.6 Å². The number of halogens is 2. The molecule has 0 unspecified atom stereocenters. The molecule has 0 spiro atoms. The number of ether oxygens (including phenoxy) is 1. The third-order valence-corrected chi connectivity index (χ3v) is 2.94. The van der Waals surface area contributed by atoms with Crippen LogP contribution in [0.25, 0.3) is 0 Å². The van der Waals surface area contributed by atoms with Gasteiger partial charge in [0.2, 0.25) is 11.9 Å². The minimum atomic E-state index is -0.402. The van der Waals surface area contributed by atoms with Crippen LogP contribution in [0.1, 0.15) is 13.3 Å². The highest BCUT2D eigenvalue weighted by atomic mass is 79.9. The second kappa shape index (κ2) is 7.16. The van der Waals surface area contributed by atoms with Gasteiger partial charge in [0.1, 0.15) is 5.82 Å². The Morgan fingerprint density at radius 2 is 2.00 bits per heavy atom. The van der Waals surface area contributed by atoms with Gasteiger partial charge in [-0.2, -0.15) is 15.0 Å². The molecule has 112 valence electrons. The van der Waals surface area contributed by atoms with Crippen LogP contribution in [-0.4, -0.2) is 28.6 Å². The zero-order valence-corrected chi connectivity index (χ0v) is 13.2. The van der Waals surface area contributed by atoms with Crippen LogP contribution in [0.5, 0.6) is 6.01 Å². The van der Waals surface area contributed by atoms with Gasteiger partial charge in [-0.25, -0.2) is 4.39 Å². The lowest BCUT2D eigenvalue weighted by atomic mass is 10.3. The van der Waals surface area contributed by atoms with E-state index < -0.39 is 5.82 Å². The summed E-state index contributed by atoms with van der Waals surface area (Å²) in [5.74, 6) is 0.145. The zero-order valence-electron chi connectivity index (χ0n) is 11.7. The molecule has 0 bridgehead atoms. The van der Waals surface area contributed by atoms with Crippen molar-refractivity contribution in [1.82, 2.24) is 15.0 Å². The van der Waals surface area contributed by atoms with Gasteiger partial charge < -0.3 is 15.4 Å². The molecule has 0 aliphatic rings. The maximum Gasteiger partial charge on any atom is 0.323 e. The van der Waals surface area contributed by atoms with Crippen molar-refractivity contribution in [3.8, 4) is 6.01 Å². The standard InChI is InChI=1S/C13H15BrFN5O/c1-3-6-21-13-19-11(16-2)18-12(20-13)17-10-7-8(14)4-5-9(10)15/h4-5,7H,3,6H2,1-2H3,(H2,16,17,18,19,20). The van der Waals surface area contributed by atoms with Crippen LogP contribution in [0.4, 0.5) is 22.0 Å². The second-order valence-electron chi connectivity index (χ2n) is 4.11. The van der Waals surface area contributed by atoms with Gasteiger partial charge in [-0.1, -0.05) is 22.9 Å². The van der Waals surface area contributed by atoms with Crippen molar-refractivity contribution >= 4 is 33.5 Å². The first-order valence-electron chi connectivity index (χ1n) is 6.41. The molecule has 0 radical (unpaired) electrons. The van der Waals surface area contributed by atoms with E-state index in [1.807, 2.05) is 6.92 Å². The highest BCUT2D eigenvalue weighted by Gasteiger charge is 2.09. The Morgan fingerprint density at radius 1 is 1.24 bits per heavy atom. The Bertz CT molecular complexity index is 626. The molecule has 1 aromatic carbocycles. The van der Waals surface area contributed by atoms with Gasteiger partial charge in [0.15, 0.2) is 0 Å². The summed E-state index contributed by atoms with van der Waals surface area (Å²) in [7, 11) is 1.68. The first-order valence-corrected chi connectivity index (χ1v) is 7.20. The van der Waals surface area contributed by atoms with Gasteiger partial charge in [-0.15, -0.1) is 0 Å². The number of anilines is 3. The van der Waals surface area contributed by atoms with E-state index in [0.29, 0.717) is 12.6 Å². The molecule has 0 saturated heterocycles. The Morgan fingerprint density at radius 3 is 2.71 bits per heavy atom. The third-order valence-electron chi connectivity index (χ3n) is 2.45. The largest absolute Gasteiger partial charge is 0.463 e. The number of benzene rings is 1. The number of rotatable bonds is 6. The van der Waals surface area contributed by atoms with Crippen LogP contribution in [0, 0.1) is 5.82 Å². The molecule has 0 fully saturated rings. The molecule has 0 atom stereocenters. The fourth-order valence-corrected chi connectivity index (χ4v) is 1.86. The lowest BCUT2D eigenvalue weighted by molar-refractivity contribution is 0.292. The summed E-state index contributed by atoms with van der Waals surface area (Å²) in [4.78, 5) is 12.3. The maximum atomic E-state index is 13.7. The summed E-state index contributed by atoms with van der Waals surface area (Å²) < 4.78 is 19.9. The lowest BCUT2D eigenvalue weighted by Gasteiger charge is -2.10. The van der Waals surface area contributed by atoms with Crippen LogP contribution in [0.2, 0.25) is 0 Å². The summed E-state index contributed by atoms with van der Waals surface area (Å²) in [5.41, 5.74) is 0.263. The molecule has 2 rings (SSSR count). The van der Waals surface area contributed by atoms with Crippen molar-refractivity contribution in [2.45, 2.75) is 13.3 Å². The van der Waals surface area contributed by atoms with Crippen LogP contribution >= 0.6 is 15.9 Å². The highest BCUT2D eigenvalue weighted by molar-refractivity contribution is 9.10. The monoisotopic (exact) mass is 355 g/mol. The summed E-state index contributed by atoms with van der Waals surface area (Å²) >= 11 is 3.29. The van der Waals surface area contributed by atoms with E-state index in [9.17, 15) is 4.39 Å². The van der Waals surface area contributed by atoms with E-state index >= 15 is 0 Å². The maximum absolute atomic E-state index is 13.7. The van der Waals surface area contributed by atoms with E-state index in [4.69, 9.17) is 4.74 Å².